The summed E-state index contributed by atoms with van der Waals surface area (Å²) in [4.78, 5) is 11.6. The van der Waals surface area contributed by atoms with Crippen LogP contribution >= 0.6 is 0 Å². The molecule has 1 unspecified atom stereocenters. The van der Waals surface area contributed by atoms with Gasteiger partial charge < -0.3 is 4.74 Å². The van der Waals surface area contributed by atoms with Crippen molar-refractivity contribution in [3.63, 3.8) is 0 Å². The van der Waals surface area contributed by atoms with Crippen LogP contribution in [0.1, 0.15) is 31.4 Å². The molecule has 4 nitrogen and oxygen atoms in total. The maximum absolute atomic E-state index is 12.3. The summed E-state index contributed by atoms with van der Waals surface area (Å²) in [7, 11) is -3.49. The first-order chi connectivity index (χ1) is 8.78. The normalized spacial score (nSPS) is 13.1. The molecule has 106 valence electrons. The molecule has 1 aromatic carbocycles. The molecule has 0 amide bonds. The number of hydrogen-bond acceptors (Lipinski definition) is 4. The second-order valence-electron chi connectivity index (χ2n) is 4.61. The molecule has 0 aliphatic rings. The number of benzene rings is 1. The number of aryl methyl sites for hydroxylation is 2. The van der Waals surface area contributed by atoms with Gasteiger partial charge in [-0.25, -0.2) is 8.42 Å². The summed E-state index contributed by atoms with van der Waals surface area (Å²) in [5, 5.41) is -0.784. The van der Waals surface area contributed by atoms with Crippen LogP contribution in [0.4, 0.5) is 0 Å². The largest absolute Gasteiger partial charge is 0.466 e. The molecule has 0 saturated heterocycles. The molecule has 0 heterocycles. The van der Waals surface area contributed by atoms with Gasteiger partial charge in [0.1, 0.15) is 0 Å². The van der Waals surface area contributed by atoms with Crippen molar-refractivity contribution in [3.8, 4) is 0 Å². The van der Waals surface area contributed by atoms with E-state index in [1.54, 1.807) is 25.1 Å². The second kappa shape index (κ2) is 6.19. The Kier molecular flexibility index (Phi) is 5.11. The second-order valence-corrected chi connectivity index (χ2v) is 6.98. The number of esters is 1. The van der Waals surface area contributed by atoms with Gasteiger partial charge in [-0.05, 0) is 51.0 Å². The van der Waals surface area contributed by atoms with Crippen LogP contribution in [0, 0.1) is 13.8 Å². The lowest BCUT2D eigenvalue weighted by Crippen LogP contribution is -2.23. The Bertz CT molecular complexity index is 561. The Hall–Kier alpha value is -1.36. The zero-order chi connectivity index (χ0) is 14.6. The van der Waals surface area contributed by atoms with Gasteiger partial charge in [-0.2, -0.15) is 0 Å². The van der Waals surface area contributed by atoms with Crippen LogP contribution in [0.15, 0.2) is 23.1 Å². The Labute approximate surface area is 114 Å². The maximum atomic E-state index is 12.3. The molecule has 0 N–H and O–H groups in total. The van der Waals surface area contributed by atoms with E-state index in [-0.39, 0.29) is 17.9 Å². The minimum atomic E-state index is -3.49. The molecule has 0 bridgehead atoms. The van der Waals surface area contributed by atoms with Gasteiger partial charge in [0.2, 0.25) is 0 Å². The van der Waals surface area contributed by atoms with Crippen LogP contribution in [0.2, 0.25) is 0 Å². The first-order valence-corrected chi connectivity index (χ1v) is 7.80. The Balaban J connectivity index is 2.96. The van der Waals surface area contributed by atoms with E-state index in [2.05, 4.69) is 0 Å². The summed E-state index contributed by atoms with van der Waals surface area (Å²) in [6.45, 7) is 7.27. The lowest BCUT2D eigenvalue weighted by atomic mass is 10.1. The number of rotatable bonds is 5. The number of sulfone groups is 1. The van der Waals surface area contributed by atoms with Gasteiger partial charge in [-0.3, -0.25) is 4.79 Å². The van der Waals surface area contributed by atoms with Crippen molar-refractivity contribution in [2.24, 2.45) is 0 Å². The molecule has 19 heavy (non-hydrogen) atoms. The fraction of sp³-hybridized carbons (Fsp3) is 0.500. The van der Waals surface area contributed by atoms with Crippen molar-refractivity contribution in [1.82, 2.24) is 0 Å². The fourth-order valence-electron chi connectivity index (χ4n) is 1.69. The highest BCUT2D eigenvalue weighted by molar-refractivity contribution is 7.92. The lowest BCUT2D eigenvalue weighted by molar-refractivity contribution is -0.143. The third kappa shape index (κ3) is 3.80. The zero-order valence-electron chi connectivity index (χ0n) is 11.8. The van der Waals surface area contributed by atoms with Crippen molar-refractivity contribution >= 4 is 15.8 Å². The highest BCUT2D eigenvalue weighted by atomic mass is 32.2. The quantitative estimate of drug-likeness (QED) is 0.779. The van der Waals surface area contributed by atoms with Gasteiger partial charge in [0.25, 0.3) is 0 Å². The predicted octanol–water partition coefficient (Wildman–Crippen LogP) is 2.42. The van der Waals surface area contributed by atoms with Crippen molar-refractivity contribution < 1.29 is 17.9 Å². The molecule has 1 rings (SSSR count). The first kappa shape index (κ1) is 15.7. The molecule has 5 heteroatoms. The molecule has 1 aromatic rings. The molecule has 0 spiro atoms. The van der Waals surface area contributed by atoms with Crippen LogP contribution in [0.3, 0.4) is 0 Å². The SMILES string of the molecule is CCOC(=O)CC(C)S(=O)(=O)c1ccc(C)c(C)c1. The molecule has 0 aromatic heterocycles. The third-order valence-corrected chi connectivity index (χ3v) is 5.23. The average molecular weight is 284 g/mol. The Morgan fingerprint density at radius 2 is 1.89 bits per heavy atom. The molecule has 1 atom stereocenters. The van der Waals surface area contributed by atoms with Gasteiger partial charge in [0, 0.05) is 0 Å². The molecule has 0 aliphatic heterocycles. The van der Waals surface area contributed by atoms with E-state index in [4.69, 9.17) is 4.74 Å². The minimum Gasteiger partial charge on any atom is -0.466 e. The third-order valence-electron chi connectivity index (χ3n) is 3.10. The first-order valence-electron chi connectivity index (χ1n) is 6.25. The molecule has 0 fully saturated rings. The van der Waals surface area contributed by atoms with Crippen molar-refractivity contribution in [1.29, 1.82) is 0 Å². The maximum Gasteiger partial charge on any atom is 0.307 e. The molecule has 0 saturated carbocycles. The highest BCUT2D eigenvalue weighted by Crippen LogP contribution is 2.21. The van der Waals surface area contributed by atoms with Crippen molar-refractivity contribution in [3.05, 3.63) is 29.3 Å². The van der Waals surface area contributed by atoms with Gasteiger partial charge in [-0.1, -0.05) is 6.07 Å². The van der Waals surface area contributed by atoms with E-state index in [0.29, 0.717) is 0 Å². The lowest BCUT2D eigenvalue weighted by Gasteiger charge is -2.13. The van der Waals surface area contributed by atoms with Crippen molar-refractivity contribution in [2.45, 2.75) is 44.3 Å². The summed E-state index contributed by atoms with van der Waals surface area (Å²) in [6, 6.07) is 5.00. The molecule has 0 aliphatic carbocycles. The van der Waals surface area contributed by atoms with Crippen molar-refractivity contribution in [2.75, 3.05) is 6.61 Å². The summed E-state index contributed by atoms with van der Waals surface area (Å²) in [6.07, 6.45) is -0.122. The molecular weight excluding hydrogens is 264 g/mol. The van der Waals surface area contributed by atoms with Crippen LogP contribution in [-0.2, 0) is 19.4 Å². The van der Waals surface area contributed by atoms with Gasteiger partial charge in [-0.15, -0.1) is 0 Å². The van der Waals surface area contributed by atoms with Crippen LogP contribution < -0.4 is 0 Å². The van der Waals surface area contributed by atoms with E-state index in [9.17, 15) is 13.2 Å². The number of carbonyl (C=O) groups is 1. The topological polar surface area (TPSA) is 60.4 Å². The summed E-state index contributed by atoms with van der Waals surface area (Å²) in [5.74, 6) is -0.484. The summed E-state index contributed by atoms with van der Waals surface area (Å²) < 4.78 is 29.4. The van der Waals surface area contributed by atoms with E-state index >= 15 is 0 Å². The highest BCUT2D eigenvalue weighted by Gasteiger charge is 2.26. The van der Waals surface area contributed by atoms with Gasteiger partial charge in [0.15, 0.2) is 9.84 Å². The van der Waals surface area contributed by atoms with Crippen LogP contribution in [0.5, 0.6) is 0 Å². The van der Waals surface area contributed by atoms with E-state index in [0.717, 1.165) is 11.1 Å². The zero-order valence-corrected chi connectivity index (χ0v) is 12.6. The molecule has 0 radical (unpaired) electrons. The van der Waals surface area contributed by atoms with Gasteiger partial charge >= 0.3 is 5.97 Å². The number of hydrogen-bond donors (Lipinski definition) is 0. The van der Waals surface area contributed by atoms with E-state index in [1.807, 2.05) is 13.8 Å². The van der Waals surface area contributed by atoms with E-state index < -0.39 is 21.1 Å². The number of ether oxygens (including phenoxy) is 1. The minimum absolute atomic E-state index is 0.122. The Morgan fingerprint density at radius 3 is 2.42 bits per heavy atom. The fourth-order valence-corrected chi connectivity index (χ4v) is 3.11. The Morgan fingerprint density at radius 1 is 1.26 bits per heavy atom. The van der Waals surface area contributed by atoms with Gasteiger partial charge in [0.05, 0.1) is 23.2 Å². The summed E-state index contributed by atoms with van der Waals surface area (Å²) in [5.41, 5.74) is 1.96. The smallest absolute Gasteiger partial charge is 0.307 e. The standard InChI is InChI=1S/C14H20O4S/c1-5-18-14(15)9-12(4)19(16,17)13-7-6-10(2)11(3)8-13/h6-8,12H,5,9H2,1-4H3. The number of carbonyl (C=O) groups excluding carboxylic acids is 1. The monoisotopic (exact) mass is 284 g/mol. The molecular formula is C14H20O4S. The van der Waals surface area contributed by atoms with Crippen LogP contribution in [-0.4, -0.2) is 26.2 Å². The van der Waals surface area contributed by atoms with Crippen LogP contribution in [0.25, 0.3) is 0 Å². The summed E-state index contributed by atoms with van der Waals surface area (Å²) >= 11 is 0. The van der Waals surface area contributed by atoms with E-state index in [1.165, 1.54) is 6.92 Å². The average Bonchev–Trinajstić information content (AvgIpc) is 2.32. The predicted molar refractivity (Wildman–Crippen MR) is 73.8 cm³/mol.